The van der Waals surface area contributed by atoms with Crippen LogP contribution in [0.25, 0.3) is 0 Å². The van der Waals surface area contributed by atoms with Crippen LogP contribution in [0.5, 0.6) is 0 Å². The number of hydrogen-bond acceptors (Lipinski definition) is 0. The average molecular weight is 150 g/mol. The second kappa shape index (κ2) is 2.84. The fourth-order valence-electron chi connectivity index (χ4n) is 1.32. The van der Waals surface area contributed by atoms with Gasteiger partial charge in [0.25, 0.3) is 0 Å². The first-order valence-electron chi connectivity index (χ1n) is 4.44. The van der Waals surface area contributed by atoms with Gasteiger partial charge in [-0.15, -0.1) is 0 Å². The number of allylic oxidation sites excluding steroid dienone is 4. The normalized spacial score (nSPS) is 24.0. The molecule has 1 atom stereocenters. The van der Waals surface area contributed by atoms with Gasteiger partial charge in [0.2, 0.25) is 0 Å². The predicted molar refractivity (Wildman–Crippen MR) is 50.5 cm³/mol. The molecular weight excluding hydrogens is 132 g/mol. The molecule has 0 heteroatoms. The molecule has 1 aliphatic rings. The van der Waals surface area contributed by atoms with Gasteiger partial charge < -0.3 is 0 Å². The monoisotopic (exact) mass is 150 g/mol. The molecule has 1 unspecified atom stereocenters. The number of hydrogen-bond donors (Lipinski definition) is 0. The van der Waals surface area contributed by atoms with E-state index in [0.29, 0.717) is 11.3 Å². The fraction of sp³-hybridized carbons (Fsp3) is 0.636. The molecule has 0 heterocycles. The summed E-state index contributed by atoms with van der Waals surface area (Å²) < 4.78 is 0. The largest absolute Gasteiger partial charge is 0.0773 e. The zero-order chi connectivity index (χ0) is 8.48. The minimum atomic E-state index is 0.334. The van der Waals surface area contributed by atoms with Crippen LogP contribution in [0, 0.1) is 11.3 Å². The quantitative estimate of drug-likeness (QED) is 0.536. The first kappa shape index (κ1) is 8.58. The van der Waals surface area contributed by atoms with Crippen LogP contribution in [0.2, 0.25) is 0 Å². The van der Waals surface area contributed by atoms with Crippen molar-refractivity contribution in [2.24, 2.45) is 11.3 Å². The first-order valence-corrected chi connectivity index (χ1v) is 4.44. The maximum absolute atomic E-state index is 2.39. The van der Waals surface area contributed by atoms with Crippen LogP contribution in [0.4, 0.5) is 0 Å². The molecule has 0 aromatic heterocycles. The van der Waals surface area contributed by atoms with E-state index < -0.39 is 0 Å². The van der Waals surface area contributed by atoms with E-state index >= 15 is 0 Å². The SMILES string of the molecule is CCC1C=CC(C(C)(C)C)=C1. The summed E-state index contributed by atoms with van der Waals surface area (Å²) in [4.78, 5) is 0. The molecule has 0 saturated carbocycles. The molecular formula is C11H18. The highest BCUT2D eigenvalue weighted by atomic mass is 14.2. The smallest absolute Gasteiger partial charge is 0.00469 e. The second-order valence-corrected chi connectivity index (χ2v) is 4.30. The lowest BCUT2D eigenvalue weighted by Crippen LogP contribution is -2.06. The first-order chi connectivity index (χ1) is 5.04. The Hall–Kier alpha value is -0.520. The Kier molecular flexibility index (Phi) is 2.22. The van der Waals surface area contributed by atoms with Gasteiger partial charge in [-0.25, -0.2) is 0 Å². The summed E-state index contributed by atoms with van der Waals surface area (Å²) in [7, 11) is 0. The van der Waals surface area contributed by atoms with Crippen molar-refractivity contribution in [1.29, 1.82) is 0 Å². The molecule has 62 valence electrons. The molecule has 0 spiro atoms. The van der Waals surface area contributed by atoms with Gasteiger partial charge in [-0.2, -0.15) is 0 Å². The molecule has 0 fully saturated rings. The average Bonchev–Trinajstić information content (AvgIpc) is 2.32. The highest BCUT2D eigenvalue weighted by Crippen LogP contribution is 2.32. The van der Waals surface area contributed by atoms with Crippen LogP contribution < -0.4 is 0 Å². The Labute approximate surface area is 70.0 Å². The molecule has 1 rings (SSSR count). The van der Waals surface area contributed by atoms with Crippen molar-refractivity contribution in [3.05, 3.63) is 23.8 Å². The standard InChI is InChI=1S/C11H18/c1-5-9-6-7-10(8-9)11(2,3)4/h6-9H,5H2,1-4H3. The lowest BCUT2D eigenvalue weighted by Gasteiger charge is -2.18. The van der Waals surface area contributed by atoms with Crippen molar-refractivity contribution in [2.45, 2.75) is 34.1 Å². The minimum Gasteiger partial charge on any atom is -0.0773 e. The van der Waals surface area contributed by atoms with Crippen LogP contribution in [0.1, 0.15) is 34.1 Å². The van der Waals surface area contributed by atoms with E-state index in [9.17, 15) is 0 Å². The van der Waals surface area contributed by atoms with E-state index in [2.05, 4.69) is 45.9 Å². The molecule has 1 aliphatic carbocycles. The van der Waals surface area contributed by atoms with Gasteiger partial charge in [-0.3, -0.25) is 0 Å². The van der Waals surface area contributed by atoms with Crippen molar-refractivity contribution in [3.63, 3.8) is 0 Å². The van der Waals surface area contributed by atoms with Crippen molar-refractivity contribution in [1.82, 2.24) is 0 Å². The number of rotatable bonds is 1. The third-order valence-corrected chi connectivity index (χ3v) is 2.25. The third-order valence-electron chi connectivity index (χ3n) is 2.25. The molecule has 0 N–H and O–H groups in total. The van der Waals surface area contributed by atoms with Crippen LogP contribution in [-0.2, 0) is 0 Å². The summed E-state index contributed by atoms with van der Waals surface area (Å²) in [6, 6.07) is 0. The van der Waals surface area contributed by atoms with Gasteiger partial charge in [-0.1, -0.05) is 45.9 Å². The van der Waals surface area contributed by atoms with Crippen molar-refractivity contribution < 1.29 is 0 Å². The summed E-state index contributed by atoms with van der Waals surface area (Å²) in [5.41, 5.74) is 1.82. The van der Waals surface area contributed by atoms with Crippen LogP contribution in [0.3, 0.4) is 0 Å². The molecule has 0 amide bonds. The Morgan fingerprint density at radius 3 is 2.27 bits per heavy atom. The molecule has 0 aromatic carbocycles. The van der Waals surface area contributed by atoms with E-state index in [1.807, 2.05) is 0 Å². The lowest BCUT2D eigenvalue weighted by atomic mass is 9.87. The van der Waals surface area contributed by atoms with Gasteiger partial charge in [0.15, 0.2) is 0 Å². The van der Waals surface area contributed by atoms with E-state index in [1.165, 1.54) is 12.0 Å². The Balaban J connectivity index is 2.72. The summed E-state index contributed by atoms with van der Waals surface area (Å²) in [6.45, 7) is 9.03. The highest BCUT2D eigenvalue weighted by molar-refractivity contribution is 5.32. The van der Waals surface area contributed by atoms with E-state index in [1.54, 1.807) is 0 Å². The molecule has 11 heavy (non-hydrogen) atoms. The lowest BCUT2D eigenvalue weighted by molar-refractivity contribution is 0.516. The summed E-state index contributed by atoms with van der Waals surface area (Å²) in [6.07, 6.45) is 8.20. The van der Waals surface area contributed by atoms with Crippen molar-refractivity contribution in [2.75, 3.05) is 0 Å². The molecule has 0 aliphatic heterocycles. The highest BCUT2D eigenvalue weighted by Gasteiger charge is 2.18. The van der Waals surface area contributed by atoms with E-state index in [-0.39, 0.29) is 0 Å². The summed E-state index contributed by atoms with van der Waals surface area (Å²) in [5, 5.41) is 0. The zero-order valence-corrected chi connectivity index (χ0v) is 8.02. The zero-order valence-electron chi connectivity index (χ0n) is 8.02. The Bertz CT molecular complexity index is 189. The van der Waals surface area contributed by atoms with Crippen LogP contribution in [-0.4, -0.2) is 0 Å². The topological polar surface area (TPSA) is 0 Å². The van der Waals surface area contributed by atoms with Gasteiger partial charge in [-0.05, 0) is 23.3 Å². The molecule has 0 radical (unpaired) electrons. The summed E-state index contributed by atoms with van der Waals surface area (Å²) >= 11 is 0. The van der Waals surface area contributed by atoms with Crippen molar-refractivity contribution >= 4 is 0 Å². The Morgan fingerprint density at radius 2 is 2.00 bits per heavy atom. The Morgan fingerprint density at radius 1 is 1.36 bits per heavy atom. The molecule has 0 aromatic rings. The maximum atomic E-state index is 2.39. The fourth-order valence-corrected chi connectivity index (χ4v) is 1.32. The van der Waals surface area contributed by atoms with Gasteiger partial charge in [0.1, 0.15) is 0 Å². The van der Waals surface area contributed by atoms with E-state index in [4.69, 9.17) is 0 Å². The predicted octanol–water partition coefficient (Wildman–Crippen LogP) is 3.55. The van der Waals surface area contributed by atoms with E-state index in [0.717, 1.165) is 0 Å². The van der Waals surface area contributed by atoms with Crippen LogP contribution >= 0.6 is 0 Å². The van der Waals surface area contributed by atoms with Gasteiger partial charge in [0.05, 0.1) is 0 Å². The van der Waals surface area contributed by atoms with Gasteiger partial charge in [0, 0.05) is 0 Å². The second-order valence-electron chi connectivity index (χ2n) is 4.30. The molecule has 0 nitrogen and oxygen atoms in total. The van der Waals surface area contributed by atoms with Crippen molar-refractivity contribution in [3.8, 4) is 0 Å². The molecule has 0 bridgehead atoms. The van der Waals surface area contributed by atoms with Crippen LogP contribution in [0.15, 0.2) is 23.8 Å². The molecule has 0 saturated heterocycles. The van der Waals surface area contributed by atoms with Gasteiger partial charge >= 0.3 is 0 Å². The minimum absolute atomic E-state index is 0.334. The third kappa shape index (κ3) is 1.95. The maximum Gasteiger partial charge on any atom is -0.00469 e. The summed E-state index contributed by atoms with van der Waals surface area (Å²) in [5.74, 6) is 0.698.